The van der Waals surface area contributed by atoms with Crippen LogP contribution in [0.15, 0.2) is 41.6 Å². The first-order valence-corrected chi connectivity index (χ1v) is 9.37. The van der Waals surface area contributed by atoms with Crippen LogP contribution in [0.25, 0.3) is 11.4 Å². The Kier molecular flexibility index (Phi) is 6.21. The van der Waals surface area contributed by atoms with E-state index in [1.54, 1.807) is 12.4 Å². The van der Waals surface area contributed by atoms with Gasteiger partial charge in [0, 0.05) is 24.8 Å². The number of benzene rings is 1. The molecule has 2 heterocycles. The molecule has 0 aliphatic carbocycles. The van der Waals surface area contributed by atoms with Crippen LogP contribution in [0.5, 0.6) is 0 Å². The number of hydrazone groups is 1. The van der Waals surface area contributed by atoms with Gasteiger partial charge in [0.2, 0.25) is 5.82 Å². The smallest absolute Gasteiger partial charge is 0.263 e. The highest BCUT2D eigenvalue weighted by molar-refractivity contribution is 7.17. The maximum atomic E-state index is 12.0. The molecule has 0 saturated carbocycles. The summed E-state index contributed by atoms with van der Waals surface area (Å²) in [4.78, 5) is 20.6. The van der Waals surface area contributed by atoms with Crippen molar-refractivity contribution >= 4 is 28.6 Å². The normalized spacial score (nSPS) is 11.0. The van der Waals surface area contributed by atoms with Crippen molar-refractivity contribution in [3.8, 4) is 11.4 Å². The van der Waals surface area contributed by atoms with Gasteiger partial charge >= 0.3 is 0 Å². The maximum Gasteiger partial charge on any atom is 0.263 e. The zero-order valence-corrected chi connectivity index (χ0v) is 15.9. The number of nitrogens with one attached hydrogen (secondary N) is 1. The Morgan fingerprint density at radius 1 is 1.30 bits per heavy atom. The van der Waals surface area contributed by atoms with Gasteiger partial charge in [0.15, 0.2) is 5.13 Å². The number of rotatable bonds is 8. The van der Waals surface area contributed by atoms with Gasteiger partial charge in [-0.25, -0.2) is 10.4 Å². The number of thiazole rings is 1. The summed E-state index contributed by atoms with van der Waals surface area (Å²) in [5, 5.41) is 16.9. The van der Waals surface area contributed by atoms with Crippen LogP contribution in [0.4, 0.5) is 5.13 Å². The number of nitrogens with zero attached hydrogens (tertiary/aromatic N) is 7. The van der Waals surface area contributed by atoms with E-state index in [0.717, 1.165) is 28.7 Å². The van der Waals surface area contributed by atoms with Gasteiger partial charge in [-0.1, -0.05) is 41.7 Å². The van der Waals surface area contributed by atoms with Gasteiger partial charge in [-0.05, 0) is 19.1 Å². The molecule has 1 N–H and O–H groups in total. The molecule has 1 aromatic carbocycles. The van der Waals surface area contributed by atoms with Crippen LogP contribution in [0.1, 0.15) is 18.7 Å². The fourth-order valence-electron chi connectivity index (χ4n) is 2.32. The third-order valence-electron chi connectivity index (χ3n) is 3.70. The second-order valence-electron chi connectivity index (χ2n) is 5.52. The maximum absolute atomic E-state index is 12.0. The molecule has 0 spiro atoms. The molecule has 0 aliphatic rings. The first kappa shape index (κ1) is 18.6. The molecular weight excluding hydrogens is 364 g/mol. The molecule has 0 fully saturated rings. The van der Waals surface area contributed by atoms with Crippen LogP contribution in [-0.2, 0) is 11.3 Å². The zero-order chi connectivity index (χ0) is 19.1. The molecule has 3 aromatic rings. The van der Waals surface area contributed by atoms with Crippen LogP contribution in [-0.4, -0.2) is 50.4 Å². The number of anilines is 1. The van der Waals surface area contributed by atoms with Crippen LogP contribution in [0.3, 0.4) is 0 Å². The molecule has 0 unspecified atom stereocenters. The fraction of sp³-hybridized carbons (Fsp3) is 0.294. The van der Waals surface area contributed by atoms with E-state index in [1.807, 2.05) is 30.3 Å². The summed E-state index contributed by atoms with van der Waals surface area (Å²) in [6.07, 6.45) is 3.31. The molecule has 1 amide bonds. The number of carbonyl (C=O) groups is 1. The van der Waals surface area contributed by atoms with Crippen molar-refractivity contribution in [1.29, 1.82) is 0 Å². The van der Waals surface area contributed by atoms with E-state index < -0.39 is 0 Å². The summed E-state index contributed by atoms with van der Waals surface area (Å²) in [7, 11) is 0. The summed E-state index contributed by atoms with van der Waals surface area (Å²) < 4.78 is 0. The molecular formula is C17H20N8OS. The molecule has 27 heavy (non-hydrogen) atoms. The number of amides is 1. The lowest BCUT2D eigenvalue weighted by Crippen LogP contribution is -2.24. The summed E-state index contributed by atoms with van der Waals surface area (Å²) in [6, 6.07) is 9.46. The van der Waals surface area contributed by atoms with Crippen molar-refractivity contribution in [3.63, 3.8) is 0 Å². The summed E-state index contributed by atoms with van der Waals surface area (Å²) in [5.74, 6) is 0.136. The molecule has 0 atom stereocenters. The lowest BCUT2D eigenvalue weighted by Gasteiger charge is -2.16. The van der Waals surface area contributed by atoms with Gasteiger partial charge in [-0.2, -0.15) is 9.90 Å². The number of aromatic nitrogens is 5. The van der Waals surface area contributed by atoms with Crippen molar-refractivity contribution in [3.05, 3.63) is 41.4 Å². The Hall–Kier alpha value is -3.14. The van der Waals surface area contributed by atoms with Crippen molar-refractivity contribution in [1.82, 2.24) is 30.6 Å². The molecule has 3 rings (SSSR count). The monoisotopic (exact) mass is 384 g/mol. The number of tetrazole rings is 1. The fourth-order valence-corrected chi connectivity index (χ4v) is 3.24. The number of hydrogen-bond acceptors (Lipinski definition) is 8. The standard InChI is InChI=1S/C17H20N8OS/c1-3-24(4-2)17-18-10-14(27-17)11-19-20-15(26)12-25-22-16(21-23-25)13-8-6-5-7-9-13/h5-11H,3-4,12H2,1-2H3,(H,20,26)/b19-11-. The largest absolute Gasteiger partial charge is 0.349 e. The summed E-state index contributed by atoms with van der Waals surface area (Å²) in [6.45, 7) is 5.89. The second-order valence-corrected chi connectivity index (χ2v) is 6.56. The van der Waals surface area contributed by atoms with Gasteiger partial charge < -0.3 is 4.90 Å². The molecule has 0 bridgehead atoms. The molecule has 140 valence electrons. The van der Waals surface area contributed by atoms with E-state index in [2.05, 4.69) is 49.7 Å². The van der Waals surface area contributed by atoms with Crippen molar-refractivity contribution < 1.29 is 4.79 Å². The lowest BCUT2D eigenvalue weighted by molar-refractivity contribution is -0.122. The summed E-state index contributed by atoms with van der Waals surface area (Å²) in [5.41, 5.74) is 3.31. The lowest BCUT2D eigenvalue weighted by atomic mass is 10.2. The minimum Gasteiger partial charge on any atom is -0.349 e. The molecule has 9 nitrogen and oxygen atoms in total. The van der Waals surface area contributed by atoms with E-state index in [0.29, 0.717) is 5.82 Å². The molecule has 2 aromatic heterocycles. The molecule has 0 aliphatic heterocycles. The van der Waals surface area contributed by atoms with E-state index in [-0.39, 0.29) is 12.5 Å². The molecule has 0 radical (unpaired) electrons. The Morgan fingerprint density at radius 3 is 2.81 bits per heavy atom. The second kappa shape index (κ2) is 8.99. The average molecular weight is 384 g/mol. The Labute approximate surface area is 160 Å². The highest BCUT2D eigenvalue weighted by Crippen LogP contribution is 2.20. The van der Waals surface area contributed by atoms with E-state index in [9.17, 15) is 4.79 Å². The zero-order valence-electron chi connectivity index (χ0n) is 15.1. The Balaban J connectivity index is 1.53. The van der Waals surface area contributed by atoms with E-state index in [1.165, 1.54) is 16.1 Å². The van der Waals surface area contributed by atoms with Gasteiger partial charge in [-0.3, -0.25) is 4.79 Å². The van der Waals surface area contributed by atoms with Gasteiger partial charge in [0.05, 0.1) is 11.1 Å². The highest BCUT2D eigenvalue weighted by Gasteiger charge is 2.09. The van der Waals surface area contributed by atoms with Crippen LogP contribution >= 0.6 is 11.3 Å². The Bertz CT molecular complexity index is 901. The first-order valence-electron chi connectivity index (χ1n) is 8.55. The van der Waals surface area contributed by atoms with Gasteiger partial charge in [-0.15, -0.1) is 10.2 Å². The summed E-state index contributed by atoms with van der Waals surface area (Å²) >= 11 is 1.52. The first-order chi connectivity index (χ1) is 13.2. The number of hydrogen-bond donors (Lipinski definition) is 1. The predicted octanol–water partition coefficient (Wildman–Crippen LogP) is 1.79. The highest BCUT2D eigenvalue weighted by atomic mass is 32.1. The minimum absolute atomic E-state index is 0.0649. The van der Waals surface area contributed by atoms with Crippen molar-refractivity contribution in [2.24, 2.45) is 5.10 Å². The number of carbonyl (C=O) groups excluding carboxylic acids is 1. The van der Waals surface area contributed by atoms with Crippen LogP contribution in [0, 0.1) is 0 Å². The van der Waals surface area contributed by atoms with Crippen LogP contribution < -0.4 is 10.3 Å². The van der Waals surface area contributed by atoms with Gasteiger partial charge in [0.25, 0.3) is 5.91 Å². The molecule has 10 heteroatoms. The van der Waals surface area contributed by atoms with E-state index >= 15 is 0 Å². The van der Waals surface area contributed by atoms with Gasteiger partial charge in [0.1, 0.15) is 6.54 Å². The van der Waals surface area contributed by atoms with E-state index in [4.69, 9.17) is 0 Å². The van der Waals surface area contributed by atoms with Crippen molar-refractivity contribution in [2.45, 2.75) is 20.4 Å². The van der Waals surface area contributed by atoms with Crippen LogP contribution in [0.2, 0.25) is 0 Å². The quantitative estimate of drug-likeness (QED) is 0.469. The predicted molar refractivity (Wildman–Crippen MR) is 105 cm³/mol. The SMILES string of the molecule is CCN(CC)c1ncc(/C=N\NC(=O)Cn2nnc(-c3ccccc3)n2)s1. The third-order valence-corrected chi connectivity index (χ3v) is 4.69. The average Bonchev–Trinajstić information content (AvgIpc) is 3.34. The third kappa shape index (κ3) is 4.94. The Morgan fingerprint density at radius 2 is 2.07 bits per heavy atom. The van der Waals surface area contributed by atoms with Crippen molar-refractivity contribution in [2.75, 3.05) is 18.0 Å². The topological polar surface area (TPSA) is 101 Å². The minimum atomic E-state index is -0.336. The molecule has 0 saturated heterocycles.